The quantitative estimate of drug-likeness (QED) is 0.458. The maximum atomic E-state index is 13.1. The van der Waals surface area contributed by atoms with Gasteiger partial charge in [0.15, 0.2) is 5.15 Å². The topological polar surface area (TPSA) is 108 Å². The molecule has 10 heteroatoms. The zero-order chi connectivity index (χ0) is 25.2. The van der Waals surface area contributed by atoms with E-state index in [1.807, 2.05) is 24.3 Å². The second-order valence-electron chi connectivity index (χ2n) is 10.6. The highest BCUT2D eigenvalue weighted by Crippen LogP contribution is 2.65. The van der Waals surface area contributed by atoms with Gasteiger partial charge in [0.1, 0.15) is 11.4 Å². The molecule has 1 saturated heterocycles. The Morgan fingerprint density at radius 2 is 2.06 bits per heavy atom. The number of nitrogens with one attached hydrogen (secondary N) is 4. The summed E-state index contributed by atoms with van der Waals surface area (Å²) in [5, 5.41) is 6.85. The van der Waals surface area contributed by atoms with E-state index in [-0.39, 0.29) is 23.1 Å². The van der Waals surface area contributed by atoms with E-state index in [0.717, 1.165) is 42.7 Å². The summed E-state index contributed by atoms with van der Waals surface area (Å²) < 4.78 is 5.43. The highest BCUT2D eigenvalue weighted by atomic mass is 35.5. The van der Waals surface area contributed by atoms with Gasteiger partial charge in [-0.1, -0.05) is 11.6 Å². The summed E-state index contributed by atoms with van der Waals surface area (Å²) in [5.41, 5.74) is 9.49. The van der Waals surface area contributed by atoms with E-state index in [2.05, 4.69) is 26.5 Å². The summed E-state index contributed by atoms with van der Waals surface area (Å²) in [6.07, 6.45) is 4.02. The summed E-state index contributed by atoms with van der Waals surface area (Å²) in [5.74, 6) is 1.94. The van der Waals surface area contributed by atoms with Crippen molar-refractivity contribution in [2.75, 3.05) is 31.8 Å². The number of rotatable bonds is 5. The number of carbonyl (C=O) groups is 2. The smallest absolute Gasteiger partial charge is 0.271 e. The van der Waals surface area contributed by atoms with E-state index in [4.69, 9.17) is 16.3 Å². The van der Waals surface area contributed by atoms with Gasteiger partial charge in [0.25, 0.3) is 5.91 Å². The minimum atomic E-state index is -0.407. The molecule has 4 N–H and O–H groups in total. The summed E-state index contributed by atoms with van der Waals surface area (Å²) in [6, 6.07) is 9.69. The Hall–Kier alpha value is -2.88. The molecule has 1 spiro atoms. The van der Waals surface area contributed by atoms with Crippen molar-refractivity contribution in [1.29, 1.82) is 0 Å². The molecule has 1 aromatic carbocycles. The largest absolute Gasteiger partial charge is 0.497 e. The zero-order valence-corrected chi connectivity index (χ0v) is 21.4. The van der Waals surface area contributed by atoms with Crippen molar-refractivity contribution in [2.24, 2.45) is 17.8 Å². The highest BCUT2D eigenvalue weighted by molar-refractivity contribution is 6.32. The lowest BCUT2D eigenvalue weighted by atomic mass is 9.74. The van der Waals surface area contributed by atoms with Crippen LogP contribution in [0.15, 0.2) is 30.3 Å². The van der Waals surface area contributed by atoms with Crippen LogP contribution in [-0.2, 0) is 10.2 Å². The van der Waals surface area contributed by atoms with Crippen molar-refractivity contribution in [1.82, 2.24) is 20.7 Å². The number of hydrogen-bond acceptors (Lipinski definition) is 7. The molecule has 3 heterocycles. The fourth-order valence-corrected chi connectivity index (χ4v) is 6.78. The van der Waals surface area contributed by atoms with Crippen LogP contribution in [0.4, 0.5) is 11.4 Å². The number of anilines is 2. The molecule has 36 heavy (non-hydrogen) atoms. The SMILES string of the molecule is COc1ccc2c(c1)[C@]1(C[C@H]1C1CCC3C(C1)NNC3Nc1ccc(C(=O)N(C)C)nc1Cl)C(=O)N2. The monoisotopic (exact) mass is 510 g/mol. The predicted molar refractivity (Wildman–Crippen MR) is 137 cm³/mol. The van der Waals surface area contributed by atoms with Crippen molar-refractivity contribution in [3.63, 3.8) is 0 Å². The Balaban J connectivity index is 1.12. The molecule has 9 nitrogen and oxygen atoms in total. The average molecular weight is 511 g/mol. The maximum absolute atomic E-state index is 13.1. The number of nitrogens with zero attached hydrogens (tertiary/aromatic N) is 2. The molecule has 1 aromatic heterocycles. The summed E-state index contributed by atoms with van der Waals surface area (Å²) in [7, 11) is 5.04. The molecular weight excluding hydrogens is 480 g/mol. The normalized spacial score (nSPS) is 32.0. The van der Waals surface area contributed by atoms with Crippen molar-refractivity contribution in [3.8, 4) is 5.75 Å². The number of fused-ring (bicyclic) bond motifs is 3. The molecule has 3 fully saturated rings. The Kier molecular flexibility index (Phi) is 5.62. The van der Waals surface area contributed by atoms with Gasteiger partial charge in [-0.25, -0.2) is 10.4 Å². The minimum absolute atomic E-state index is 0.00131. The first-order valence-corrected chi connectivity index (χ1v) is 12.9. The Morgan fingerprint density at radius 1 is 1.22 bits per heavy atom. The van der Waals surface area contributed by atoms with Crippen molar-refractivity contribution in [3.05, 3.63) is 46.7 Å². The molecule has 0 radical (unpaired) electrons. The van der Waals surface area contributed by atoms with Gasteiger partial charge >= 0.3 is 0 Å². The van der Waals surface area contributed by atoms with E-state index in [0.29, 0.717) is 35.2 Å². The number of aromatic nitrogens is 1. The molecule has 2 saturated carbocycles. The van der Waals surface area contributed by atoms with Crippen LogP contribution in [0, 0.1) is 17.8 Å². The average Bonchev–Trinajstić information content (AvgIpc) is 3.42. The molecule has 4 aliphatic rings. The van der Waals surface area contributed by atoms with Gasteiger partial charge in [0.2, 0.25) is 5.91 Å². The number of benzene rings is 1. The minimum Gasteiger partial charge on any atom is -0.497 e. The second-order valence-corrected chi connectivity index (χ2v) is 11.0. The maximum Gasteiger partial charge on any atom is 0.271 e. The van der Waals surface area contributed by atoms with E-state index < -0.39 is 5.41 Å². The van der Waals surface area contributed by atoms with E-state index in [1.54, 1.807) is 27.3 Å². The third-order valence-corrected chi connectivity index (χ3v) is 8.81. The van der Waals surface area contributed by atoms with E-state index in [9.17, 15) is 9.59 Å². The molecule has 4 unspecified atom stereocenters. The van der Waals surface area contributed by atoms with Gasteiger partial charge in [0, 0.05) is 31.7 Å². The molecule has 6 rings (SSSR count). The highest BCUT2D eigenvalue weighted by Gasteiger charge is 2.67. The molecule has 6 atom stereocenters. The van der Waals surface area contributed by atoms with E-state index >= 15 is 0 Å². The lowest BCUT2D eigenvalue weighted by molar-refractivity contribution is -0.118. The van der Waals surface area contributed by atoms with Gasteiger partial charge < -0.3 is 20.3 Å². The number of pyridine rings is 1. The van der Waals surface area contributed by atoms with Crippen LogP contribution >= 0.6 is 11.6 Å². The number of methoxy groups -OCH3 is 1. The molecular formula is C26H31ClN6O3. The molecule has 2 amide bonds. The van der Waals surface area contributed by atoms with Crippen LogP contribution in [0.25, 0.3) is 0 Å². The lowest BCUT2D eigenvalue weighted by Gasteiger charge is -2.34. The van der Waals surface area contributed by atoms with Crippen molar-refractivity contribution >= 4 is 34.8 Å². The van der Waals surface area contributed by atoms with Gasteiger partial charge in [0.05, 0.1) is 24.4 Å². The van der Waals surface area contributed by atoms with Crippen LogP contribution in [0.1, 0.15) is 41.7 Å². The fourth-order valence-electron chi connectivity index (χ4n) is 6.57. The summed E-state index contributed by atoms with van der Waals surface area (Å²) in [4.78, 5) is 31.0. The fraction of sp³-hybridized carbons (Fsp3) is 0.500. The van der Waals surface area contributed by atoms with Crippen LogP contribution in [0.2, 0.25) is 5.15 Å². The summed E-state index contributed by atoms with van der Waals surface area (Å²) >= 11 is 6.41. The van der Waals surface area contributed by atoms with Gasteiger partial charge in [-0.05, 0) is 73.4 Å². The third kappa shape index (κ3) is 3.64. The van der Waals surface area contributed by atoms with Crippen LogP contribution in [-0.4, -0.2) is 55.1 Å². The Morgan fingerprint density at radius 3 is 2.81 bits per heavy atom. The van der Waals surface area contributed by atoms with Crippen molar-refractivity contribution < 1.29 is 14.3 Å². The van der Waals surface area contributed by atoms with Crippen LogP contribution in [0.5, 0.6) is 5.75 Å². The lowest BCUT2D eigenvalue weighted by Crippen LogP contribution is -2.39. The molecule has 2 aliphatic carbocycles. The predicted octanol–water partition coefficient (Wildman–Crippen LogP) is 2.99. The Bertz CT molecular complexity index is 1240. The van der Waals surface area contributed by atoms with Crippen molar-refractivity contribution in [2.45, 2.75) is 43.3 Å². The number of hydrogen-bond donors (Lipinski definition) is 4. The first-order chi connectivity index (χ1) is 17.3. The zero-order valence-electron chi connectivity index (χ0n) is 20.6. The summed E-state index contributed by atoms with van der Waals surface area (Å²) in [6.45, 7) is 0. The molecule has 0 bridgehead atoms. The van der Waals surface area contributed by atoms with Gasteiger partial charge in [-0.3, -0.25) is 15.0 Å². The number of carbonyl (C=O) groups excluding carboxylic acids is 2. The number of hydrazine groups is 1. The van der Waals surface area contributed by atoms with Crippen LogP contribution in [0.3, 0.4) is 0 Å². The first kappa shape index (κ1) is 23.5. The van der Waals surface area contributed by atoms with Gasteiger partial charge in [-0.2, -0.15) is 0 Å². The first-order valence-electron chi connectivity index (χ1n) is 12.5. The van der Waals surface area contributed by atoms with Crippen LogP contribution < -0.4 is 26.2 Å². The standard InChI is InChI=1S/C26H31ClN6O3/c1-33(2)24(34)20-9-8-19(22(27)28-20)29-23-15-6-4-13(10-21(15)31-32-23)17-12-26(17)16-11-14(36-3)5-7-18(16)30-25(26)35/h5,7-9,11,13,15,17,21,23,29,31-32H,4,6,10,12H2,1-3H3,(H,30,35)/t13?,15?,17-,21?,23?,26-/m0/s1. The Labute approximate surface area is 215 Å². The molecule has 2 aliphatic heterocycles. The number of ether oxygens (including phenoxy) is 1. The molecule has 2 aromatic rings. The second kappa shape index (κ2) is 8.61. The third-order valence-electron chi connectivity index (χ3n) is 8.53. The van der Waals surface area contributed by atoms with Gasteiger partial charge in [-0.15, -0.1) is 0 Å². The number of amides is 2. The number of halogens is 1. The van der Waals surface area contributed by atoms with E-state index in [1.165, 1.54) is 4.90 Å². The molecule has 190 valence electrons.